The molecular weight excluding hydrogens is 236 g/mol. The summed E-state index contributed by atoms with van der Waals surface area (Å²) in [6.45, 7) is 1.14. The van der Waals surface area contributed by atoms with Crippen LogP contribution in [0.25, 0.3) is 0 Å². The van der Waals surface area contributed by atoms with E-state index in [1.807, 2.05) is 0 Å². The summed E-state index contributed by atoms with van der Waals surface area (Å²) in [5, 5.41) is 16.2. The van der Waals surface area contributed by atoms with Crippen LogP contribution >= 0.6 is 0 Å². The minimum Gasteiger partial charge on any atom is -0.480 e. The second-order valence-corrected chi connectivity index (χ2v) is 5.56. The van der Waals surface area contributed by atoms with Gasteiger partial charge in [-0.3, -0.25) is 4.79 Å². The molecule has 0 aromatic heterocycles. The van der Waals surface area contributed by atoms with Gasteiger partial charge in [-0.25, -0.2) is 8.42 Å². The third kappa shape index (κ3) is 2.32. The summed E-state index contributed by atoms with van der Waals surface area (Å²) >= 11 is 0. The molecule has 2 unspecified atom stereocenters. The van der Waals surface area contributed by atoms with Crippen molar-refractivity contribution >= 4 is 16.0 Å². The highest BCUT2D eigenvalue weighted by molar-refractivity contribution is 7.90. The Kier molecular flexibility index (Phi) is 3.85. The number of carbonyl (C=O) groups is 1. The van der Waals surface area contributed by atoms with E-state index in [0.29, 0.717) is 0 Å². The van der Waals surface area contributed by atoms with Gasteiger partial charge >= 0.3 is 5.97 Å². The Hall–Kier alpha value is -1.17. The molecule has 0 aromatic rings. The topological polar surface area (TPSA) is 108 Å². The predicted molar refractivity (Wildman–Crippen MR) is 52.9 cm³/mol. The van der Waals surface area contributed by atoms with E-state index in [2.05, 4.69) is 0 Å². The normalized spacial score (nSPS) is 24.6. The molecule has 1 rings (SSSR count). The number of rotatable bonds is 3. The van der Waals surface area contributed by atoms with Crippen LogP contribution in [0.15, 0.2) is 0 Å². The van der Waals surface area contributed by atoms with E-state index in [4.69, 9.17) is 15.1 Å². The standard InChI is InChI=1S/C8H12N2O5S/c1-6(4-9)16(13,14)10-2-3-15-5-7(10)8(11)12/h6-7H,2-3,5H2,1H3,(H,11,12). The van der Waals surface area contributed by atoms with Gasteiger partial charge in [0.25, 0.3) is 0 Å². The molecule has 1 aliphatic rings. The monoisotopic (exact) mass is 248 g/mol. The molecule has 1 aliphatic heterocycles. The zero-order valence-corrected chi connectivity index (χ0v) is 9.48. The summed E-state index contributed by atoms with van der Waals surface area (Å²) in [5.74, 6) is -1.27. The second-order valence-electron chi connectivity index (χ2n) is 3.36. The highest BCUT2D eigenvalue weighted by Crippen LogP contribution is 2.16. The van der Waals surface area contributed by atoms with E-state index in [0.717, 1.165) is 4.31 Å². The highest BCUT2D eigenvalue weighted by atomic mass is 32.2. The van der Waals surface area contributed by atoms with Crippen molar-refractivity contribution in [3.8, 4) is 6.07 Å². The van der Waals surface area contributed by atoms with Crippen molar-refractivity contribution in [3.63, 3.8) is 0 Å². The lowest BCUT2D eigenvalue weighted by molar-refractivity contribution is -0.146. The summed E-state index contributed by atoms with van der Waals surface area (Å²) in [4.78, 5) is 10.9. The van der Waals surface area contributed by atoms with Gasteiger partial charge in [-0.1, -0.05) is 0 Å². The Morgan fingerprint density at radius 1 is 1.69 bits per heavy atom. The molecule has 0 radical (unpaired) electrons. The largest absolute Gasteiger partial charge is 0.480 e. The summed E-state index contributed by atoms with van der Waals surface area (Å²) in [5.41, 5.74) is 0. The van der Waals surface area contributed by atoms with Gasteiger partial charge in [-0.05, 0) is 6.92 Å². The first-order valence-corrected chi connectivity index (χ1v) is 6.12. The van der Waals surface area contributed by atoms with Crippen LogP contribution in [0.3, 0.4) is 0 Å². The summed E-state index contributed by atoms with van der Waals surface area (Å²) in [6, 6.07) is 0.357. The number of aliphatic carboxylic acids is 1. The highest BCUT2D eigenvalue weighted by Gasteiger charge is 2.40. The van der Waals surface area contributed by atoms with Crippen LogP contribution in [0.1, 0.15) is 6.92 Å². The van der Waals surface area contributed by atoms with Crippen molar-refractivity contribution in [2.75, 3.05) is 19.8 Å². The van der Waals surface area contributed by atoms with Gasteiger partial charge in [0.2, 0.25) is 10.0 Å². The van der Waals surface area contributed by atoms with E-state index in [1.54, 1.807) is 6.07 Å². The van der Waals surface area contributed by atoms with Gasteiger partial charge in [0, 0.05) is 6.54 Å². The maximum Gasteiger partial charge on any atom is 0.324 e. The fraction of sp³-hybridized carbons (Fsp3) is 0.750. The van der Waals surface area contributed by atoms with Gasteiger partial charge in [-0.2, -0.15) is 9.57 Å². The number of morpholine rings is 1. The van der Waals surface area contributed by atoms with Crippen molar-refractivity contribution < 1.29 is 23.1 Å². The summed E-state index contributed by atoms with van der Waals surface area (Å²) in [6.07, 6.45) is 0. The minimum atomic E-state index is -3.89. The Bertz CT molecular complexity index is 413. The fourth-order valence-corrected chi connectivity index (χ4v) is 2.73. The van der Waals surface area contributed by atoms with Gasteiger partial charge < -0.3 is 9.84 Å². The number of nitrogens with zero attached hydrogens (tertiary/aromatic N) is 2. The lowest BCUT2D eigenvalue weighted by atomic mass is 10.3. The Morgan fingerprint density at radius 3 is 2.81 bits per heavy atom. The van der Waals surface area contributed by atoms with Gasteiger partial charge in [0.05, 0.1) is 19.3 Å². The van der Waals surface area contributed by atoms with Crippen LogP contribution in [0.5, 0.6) is 0 Å². The summed E-state index contributed by atoms with van der Waals surface area (Å²) in [7, 11) is -3.89. The maximum atomic E-state index is 11.8. The van der Waals surface area contributed by atoms with Crippen LogP contribution in [-0.2, 0) is 19.6 Å². The first-order chi connectivity index (χ1) is 7.41. The van der Waals surface area contributed by atoms with Crippen molar-refractivity contribution in [2.24, 2.45) is 0 Å². The Balaban J connectivity index is 3.01. The number of ether oxygens (including phenoxy) is 1. The molecule has 7 nitrogen and oxygen atoms in total. The molecule has 0 saturated carbocycles. The van der Waals surface area contributed by atoms with Crippen molar-refractivity contribution in [1.82, 2.24) is 4.31 Å². The molecule has 0 spiro atoms. The zero-order chi connectivity index (χ0) is 12.3. The van der Waals surface area contributed by atoms with Gasteiger partial charge in [0.15, 0.2) is 5.25 Å². The van der Waals surface area contributed by atoms with Gasteiger partial charge in [-0.15, -0.1) is 0 Å². The van der Waals surface area contributed by atoms with Crippen LogP contribution in [0.2, 0.25) is 0 Å². The Morgan fingerprint density at radius 2 is 2.31 bits per heavy atom. The molecule has 1 saturated heterocycles. The summed E-state index contributed by atoms with van der Waals surface area (Å²) < 4.78 is 29.4. The number of carboxylic acid groups (broad SMARTS) is 1. The molecule has 90 valence electrons. The van der Waals surface area contributed by atoms with Crippen molar-refractivity contribution in [3.05, 3.63) is 0 Å². The average molecular weight is 248 g/mol. The number of nitriles is 1. The fourth-order valence-electron chi connectivity index (χ4n) is 1.36. The van der Waals surface area contributed by atoms with Crippen molar-refractivity contribution in [2.45, 2.75) is 18.2 Å². The molecule has 0 aliphatic carbocycles. The molecule has 8 heteroatoms. The van der Waals surface area contributed by atoms with E-state index < -0.39 is 27.3 Å². The molecular formula is C8H12N2O5S. The van der Waals surface area contributed by atoms with Crippen LogP contribution in [0, 0.1) is 11.3 Å². The molecule has 0 bridgehead atoms. The minimum absolute atomic E-state index is 0.0364. The number of carboxylic acids is 1. The lowest BCUT2D eigenvalue weighted by Gasteiger charge is -2.32. The molecule has 16 heavy (non-hydrogen) atoms. The quantitative estimate of drug-likeness (QED) is 0.687. The van der Waals surface area contributed by atoms with Crippen LogP contribution in [0.4, 0.5) is 0 Å². The van der Waals surface area contributed by atoms with E-state index in [-0.39, 0.29) is 19.8 Å². The zero-order valence-electron chi connectivity index (χ0n) is 8.66. The van der Waals surface area contributed by atoms with E-state index in [1.165, 1.54) is 6.92 Å². The van der Waals surface area contributed by atoms with E-state index in [9.17, 15) is 13.2 Å². The third-order valence-electron chi connectivity index (χ3n) is 2.32. The molecule has 0 amide bonds. The van der Waals surface area contributed by atoms with Crippen LogP contribution < -0.4 is 0 Å². The number of sulfonamides is 1. The molecule has 2 atom stereocenters. The molecule has 1 heterocycles. The average Bonchev–Trinajstić information content (AvgIpc) is 2.27. The molecule has 1 fully saturated rings. The smallest absolute Gasteiger partial charge is 0.324 e. The third-order valence-corrected chi connectivity index (χ3v) is 4.41. The number of hydrogen-bond acceptors (Lipinski definition) is 5. The van der Waals surface area contributed by atoms with Crippen LogP contribution in [-0.4, -0.2) is 54.8 Å². The van der Waals surface area contributed by atoms with E-state index >= 15 is 0 Å². The Labute approximate surface area is 93.3 Å². The SMILES string of the molecule is CC(C#N)S(=O)(=O)N1CCOCC1C(=O)O. The number of hydrogen-bond donors (Lipinski definition) is 1. The van der Waals surface area contributed by atoms with Crippen molar-refractivity contribution in [1.29, 1.82) is 5.26 Å². The van der Waals surface area contributed by atoms with Gasteiger partial charge in [0.1, 0.15) is 6.04 Å². The predicted octanol–water partition coefficient (Wildman–Crippen LogP) is -0.986. The first kappa shape index (κ1) is 12.9. The lowest BCUT2D eigenvalue weighted by Crippen LogP contribution is -2.54. The molecule has 0 aromatic carbocycles. The second kappa shape index (κ2) is 4.78. The first-order valence-electron chi connectivity index (χ1n) is 4.62. The molecule has 1 N–H and O–H groups in total. The maximum absolute atomic E-state index is 11.8.